The number of pyridine rings is 2. The Balaban J connectivity index is 0.000000503. The third-order valence-corrected chi connectivity index (χ3v) is 7.38. The topological polar surface area (TPSA) is 55.6 Å². The molecule has 4 aromatic carbocycles. The zero-order valence-electron chi connectivity index (χ0n) is 27.0. The third kappa shape index (κ3) is 9.04. The van der Waals surface area contributed by atoms with Gasteiger partial charge in [-0.25, -0.2) is 24.2 Å². The van der Waals surface area contributed by atoms with Crippen molar-refractivity contribution in [3.8, 4) is 51.4 Å². The Morgan fingerprint density at radius 2 is 1.41 bits per heavy atom. The molecule has 3 aromatic heterocycles. The van der Waals surface area contributed by atoms with E-state index in [1.165, 1.54) is 0 Å². The number of anilines is 3. The van der Waals surface area contributed by atoms with E-state index in [0.717, 1.165) is 39.4 Å². The summed E-state index contributed by atoms with van der Waals surface area (Å²) in [4.78, 5) is 12.9. The standard InChI is InChI=1S/C36H22N4O2.C6H4N.2Pt/c1-39-25-40(35-17-18-37-24-36(35)39)29-10-7-15-33(23-29)42-32-14-6-9-28(21-32)34-22-27(16-19-38-34)26-8-5-13-31(20-26)41-30-11-3-2-4-12-30;1-2-7-5-3-4-6-7;;/h2-11,13-15,17-19,22,24-25H,1H3;3-6H;;/q-6;-1;;+4. The summed E-state index contributed by atoms with van der Waals surface area (Å²) in [6, 6.07) is 50.9. The fraction of sp³-hybridized carbons (Fsp3) is 0.0238. The number of para-hydroxylation sites is 1. The van der Waals surface area contributed by atoms with Crippen LogP contribution in [-0.4, -0.2) is 21.6 Å². The molecule has 0 radical (unpaired) electrons. The molecular weight excluding hydrogens is 997 g/mol. The van der Waals surface area contributed by atoms with E-state index >= 15 is 0 Å². The summed E-state index contributed by atoms with van der Waals surface area (Å²) in [7, 11) is 1.99. The minimum Gasteiger partial charge on any atom is -0.669 e. The maximum atomic E-state index is 6.57. The van der Waals surface area contributed by atoms with Gasteiger partial charge in [0.1, 0.15) is 0 Å². The quantitative estimate of drug-likeness (QED) is 0.118. The molecule has 0 aliphatic carbocycles. The average molecular weight is 1020 g/mol. The number of hydrogen-bond acceptors (Lipinski definition) is 6. The fourth-order valence-corrected chi connectivity index (χ4v) is 5.08. The van der Waals surface area contributed by atoms with Crippen molar-refractivity contribution in [3.63, 3.8) is 0 Å². The fourth-order valence-electron chi connectivity index (χ4n) is 5.08. The van der Waals surface area contributed by atoms with Gasteiger partial charge in [0.2, 0.25) is 0 Å². The molecule has 0 unspecified atom stereocenters. The second-order valence-corrected chi connectivity index (χ2v) is 10.7. The Morgan fingerprint density at radius 3 is 2.14 bits per heavy atom. The molecule has 0 spiro atoms. The normalized spacial score (nSPS) is 11.1. The van der Waals surface area contributed by atoms with E-state index in [2.05, 4.69) is 51.2 Å². The van der Waals surface area contributed by atoms with Crippen LogP contribution in [0.3, 0.4) is 0 Å². The molecule has 7 nitrogen and oxygen atoms in total. The summed E-state index contributed by atoms with van der Waals surface area (Å²) in [5.41, 5.74) is 6.13. The zero-order chi connectivity index (χ0) is 33.4. The summed E-state index contributed by atoms with van der Waals surface area (Å²) in [5.74, 6) is 2.37. The van der Waals surface area contributed by atoms with Gasteiger partial charge in [0.25, 0.3) is 0 Å². The predicted molar refractivity (Wildman–Crippen MR) is 188 cm³/mol. The molecule has 0 N–H and O–H groups in total. The number of benzene rings is 4. The average Bonchev–Trinajstić information content (AvgIpc) is 3.81. The first-order chi connectivity index (χ1) is 24.1. The van der Waals surface area contributed by atoms with Crippen molar-refractivity contribution in [3.05, 3.63) is 178 Å². The first kappa shape index (κ1) is 36.9. The number of fused-ring (bicyclic) bond motifs is 1. The Bertz CT molecular complexity index is 2220. The van der Waals surface area contributed by atoms with E-state index in [9.17, 15) is 0 Å². The van der Waals surface area contributed by atoms with Gasteiger partial charge in [-0.05, 0) is 25.2 Å². The van der Waals surface area contributed by atoms with Gasteiger partial charge in [0.15, 0.2) is 0 Å². The van der Waals surface area contributed by atoms with Crippen LogP contribution in [0, 0.1) is 49.5 Å². The largest absolute Gasteiger partial charge is 4.00 e. The number of hydrogen-bond donors (Lipinski definition) is 0. The van der Waals surface area contributed by atoms with Crippen molar-refractivity contribution in [1.29, 1.82) is 0 Å². The molecule has 51 heavy (non-hydrogen) atoms. The number of rotatable bonds is 7. The Hall–Kier alpha value is -5.40. The van der Waals surface area contributed by atoms with Gasteiger partial charge in [-0.15, -0.1) is 65.8 Å². The van der Waals surface area contributed by atoms with E-state index < -0.39 is 0 Å². The van der Waals surface area contributed by atoms with Crippen molar-refractivity contribution in [2.75, 3.05) is 16.8 Å². The molecule has 0 fully saturated rings. The molecule has 7 aromatic rings. The summed E-state index contributed by atoms with van der Waals surface area (Å²) in [6.45, 7) is 2.00. The van der Waals surface area contributed by atoms with E-state index in [1.54, 1.807) is 29.4 Å². The Morgan fingerprint density at radius 1 is 0.725 bits per heavy atom. The zero-order valence-corrected chi connectivity index (χ0v) is 31.5. The van der Waals surface area contributed by atoms with Crippen molar-refractivity contribution in [1.82, 2.24) is 14.5 Å². The van der Waals surface area contributed by atoms with Gasteiger partial charge in [-0.3, -0.25) is 16.1 Å². The maximum Gasteiger partial charge on any atom is 4.00 e. The van der Waals surface area contributed by atoms with Crippen molar-refractivity contribution < 1.29 is 51.6 Å². The summed E-state index contributed by atoms with van der Waals surface area (Å²) in [6.07, 6.45) is 15.4. The first-order valence-electron chi connectivity index (χ1n) is 15.3. The maximum absolute atomic E-state index is 6.57. The van der Waals surface area contributed by atoms with Crippen LogP contribution >= 0.6 is 0 Å². The van der Waals surface area contributed by atoms with Crippen LogP contribution in [-0.2, 0) is 42.1 Å². The number of nitrogens with zero attached hydrogens (tertiary/aromatic N) is 5. The van der Waals surface area contributed by atoms with Gasteiger partial charge in [0.05, 0.1) is 0 Å². The Kier molecular flexibility index (Phi) is 12.7. The number of aromatic nitrogens is 3. The molecule has 0 saturated carbocycles. The molecule has 0 atom stereocenters. The van der Waals surface area contributed by atoms with E-state index in [1.807, 2.05) is 128 Å². The molecule has 0 amide bonds. The van der Waals surface area contributed by atoms with Gasteiger partial charge >= 0.3 is 21.1 Å². The van der Waals surface area contributed by atoms with Crippen LogP contribution in [0.5, 0.6) is 23.0 Å². The third-order valence-electron chi connectivity index (χ3n) is 7.38. The number of ether oxygens (including phenoxy) is 2. The van der Waals surface area contributed by atoms with E-state index in [4.69, 9.17) is 15.9 Å². The molecular formula is C42H26N5O2Pt2-3. The van der Waals surface area contributed by atoms with Gasteiger partial charge in [0, 0.05) is 80.2 Å². The molecule has 4 heterocycles. The minimum atomic E-state index is 0. The van der Waals surface area contributed by atoms with Crippen molar-refractivity contribution in [2.45, 2.75) is 0 Å². The second kappa shape index (κ2) is 17.5. The molecule has 1 aliphatic rings. The summed E-state index contributed by atoms with van der Waals surface area (Å²) < 4.78 is 13.7. The van der Waals surface area contributed by atoms with Crippen molar-refractivity contribution >= 4 is 17.1 Å². The SMILES string of the molecule is CN1[CH-]N(c2[c-]c(Oc3[c-]c(-c4cc(-c5[c-]c(Oc6[c-]cccc6)ccc5)[c-]cn4)ccc3)ccc2)c2ccncc21.[C-]#Cn1cccc1.[Pt+4].[Pt]. The smallest absolute Gasteiger partial charge is 0.669 e. The molecule has 1 aliphatic heterocycles. The monoisotopic (exact) mass is 1020 g/mol. The van der Waals surface area contributed by atoms with Crippen LogP contribution < -0.4 is 19.3 Å². The molecule has 0 bridgehead atoms. The van der Waals surface area contributed by atoms with Crippen LogP contribution in [0.25, 0.3) is 22.4 Å². The Labute approximate surface area is 327 Å². The van der Waals surface area contributed by atoms with E-state index in [-0.39, 0.29) is 42.1 Å². The van der Waals surface area contributed by atoms with Crippen LogP contribution in [0.1, 0.15) is 0 Å². The predicted octanol–water partition coefficient (Wildman–Crippen LogP) is 8.98. The second-order valence-electron chi connectivity index (χ2n) is 10.7. The van der Waals surface area contributed by atoms with Crippen LogP contribution in [0.15, 0.2) is 134 Å². The minimum absolute atomic E-state index is 0. The van der Waals surface area contributed by atoms with E-state index in [0.29, 0.717) is 23.0 Å². The molecule has 0 saturated heterocycles. The first-order valence-corrected chi connectivity index (χ1v) is 15.3. The van der Waals surface area contributed by atoms with Gasteiger partial charge in [-0.2, -0.15) is 43.1 Å². The van der Waals surface area contributed by atoms with Gasteiger partial charge in [-0.1, -0.05) is 18.0 Å². The molecule has 8 rings (SSSR count). The summed E-state index contributed by atoms with van der Waals surface area (Å²) >= 11 is 0. The summed E-state index contributed by atoms with van der Waals surface area (Å²) in [5, 5.41) is 0. The van der Waals surface area contributed by atoms with Crippen LogP contribution in [0.2, 0.25) is 0 Å². The van der Waals surface area contributed by atoms with Gasteiger partial charge < -0.3 is 35.2 Å². The van der Waals surface area contributed by atoms with Crippen LogP contribution in [0.4, 0.5) is 17.1 Å². The van der Waals surface area contributed by atoms with Crippen molar-refractivity contribution in [2.24, 2.45) is 0 Å². The molecule has 254 valence electrons. The molecule has 9 heteroatoms.